The quantitative estimate of drug-likeness (QED) is 0.340. The fourth-order valence-electron chi connectivity index (χ4n) is 4.44. The molecule has 0 radical (unpaired) electrons. The van der Waals surface area contributed by atoms with Gasteiger partial charge in [-0.05, 0) is 59.7 Å². The van der Waals surface area contributed by atoms with Gasteiger partial charge in [-0.15, -0.1) is 0 Å². The normalized spacial score (nSPS) is 18.0. The molecule has 0 aliphatic carbocycles. The maximum Gasteiger partial charge on any atom is 0.342 e. The number of carbonyl (C=O) groups is 1. The largest absolute Gasteiger partial charge is 0.497 e. The lowest BCUT2D eigenvalue weighted by Crippen LogP contribution is -2.29. The maximum absolute atomic E-state index is 13.3. The molecule has 2 aliphatic heterocycles. The van der Waals surface area contributed by atoms with Gasteiger partial charge in [0.2, 0.25) is 6.79 Å². The first kappa shape index (κ1) is 24.3. The van der Waals surface area contributed by atoms with E-state index in [2.05, 4.69) is 6.58 Å². The van der Waals surface area contributed by atoms with Gasteiger partial charge in [0, 0.05) is 17.6 Å². The minimum Gasteiger partial charge on any atom is -0.497 e. The average molecular weight is 503 g/mol. The van der Waals surface area contributed by atoms with Crippen molar-refractivity contribution in [3.8, 4) is 28.7 Å². The Kier molecular flexibility index (Phi) is 6.50. The predicted octanol–water partition coefficient (Wildman–Crippen LogP) is 4.40. The second-order valence-corrected chi connectivity index (χ2v) is 8.45. The third-order valence-electron chi connectivity index (χ3n) is 6.26. The van der Waals surface area contributed by atoms with Gasteiger partial charge >= 0.3 is 5.97 Å². The summed E-state index contributed by atoms with van der Waals surface area (Å²) >= 11 is 0. The monoisotopic (exact) mass is 502 g/mol. The van der Waals surface area contributed by atoms with Gasteiger partial charge in [0.25, 0.3) is 5.79 Å². The van der Waals surface area contributed by atoms with Crippen molar-refractivity contribution in [3.63, 3.8) is 0 Å². The minimum absolute atomic E-state index is 0.101. The van der Waals surface area contributed by atoms with E-state index in [0.717, 1.165) is 5.56 Å². The van der Waals surface area contributed by atoms with Crippen LogP contribution in [0.1, 0.15) is 16.7 Å². The summed E-state index contributed by atoms with van der Waals surface area (Å²) in [5.74, 6) is 0.129. The highest BCUT2D eigenvalue weighted by molar-refractivity contribution is 6.20. The van der Waals surface area contributed by atoms with Crippen LogP contribution in [0.5, 0.6) is 28.7 Å². The molecule has 2 heterocycles. The first-order chi connectivity index (χ1) is 18.0. The highest BCUT2D eigenvalue weighted by Gasteiger charge is 2.48. The van der Waals surface area contributed by atoms with Gasteiger partial charge < -0.3 is 33.5 Å². The van der Waals surface area contributed by atoms with E-state index in [-0.39, 0.29) is 18.8 Å². The second-order valence-electron chi connectivity index (χ2n) is 8.45. The van der Waals surface area contributed by atoms with Gasteiger partial charge in [-0.3, -0.25) is 0 Å². The molecule has 2 aliphatic rings. The zero-order valence-corrected chi connectivity index (χ0v) is 20.5. The molecule has 8 nitrogen and oxygen atoms in total. The summed E-state index contributed by atoms with van der Waals surface area (Å²) in [7, 11) is 3.11. The third kappa shape index (κ3) is 4.47. The van der Waals surface area contributed by atoms with Crippen LogP contribution < -0.4 is 23.7 Å². The van der Waals surface area contributed by atoms with Crippen LogP contribution in [0, 0.1) is 0 Å². The molecule has 1 atom stereocenters. The summed E-state index contributed by atoms with van der Waals surface area (Å²) in [4.78, 5) is 13.3. The molecule has 0 aromatic heterocycles. The lowest BCUT2D eigenvalue weighted by atomic mass is 9.88. The van der Waals surface area contributed by atoms with Crippen LogP contribution in [-0.4, -0.2) is 38.7 Å². The van der Waals surface area contributed by atoms with Crippen LogP contribution in [0.2, 0.25) is 0 Å². The van der Waals surface area contributed by atoms with Gasteiger partial charge in [-0.25, -0.2) is 4.79 Å². The van der Waals surface area contributed by atoms with Crippen molar-refractivity contribution >= 4 is 11.5 Å². The Morgan fingerprint density at radius 2 is 1.76 bits per heavy atom. The lowest BCUT2D eigenvalue weighted by molar-refractivity contribution is -0.185. The van der Waals surface area contributed by atoms with Gasteiger partial charge in [-0.1, -0.05) is 24.8 Å². The van der Waals surface area contributed by atoms with Gasteiger partial charge in [0.05, 0.1) is 19.8 Å². The van der Waals surface area contributed by atoms with E-state index in [9.17, 15) is 9.90 Å². The maximum atomic E-state index is 13.3. The SMILES string of the molecule is C=CCOc1cc(CC2=C(c3ccc4c(c3)OCO4)C(=O)OC2(O)c2ccc(OC)cc2)ccc1OC. The number of methoxy groups -OCH3 is 2. The Labute approximate surface area is 214 Å². The molecular weight excluding hydrogens is 476 g/mol. The molecule has 3 aromatic carbocycles. The average Bonchev–Trinajstić information content (AvgIpc) is 3.49. The molecule has 190 valence electrons. The number of ether oxygens (including phenoxy) is 6. The Morgan fingerprint density at radius 1 is 0.973 bits per heavy atom. The van der Waals surface area contributed by atoms with Crippen LogP contribution >= 0.6 is 0 Å². The van der Waals surface area contributed by atoms with Crippen molar-refractivity contribution in [1.82, 2.24) is 0 Å². The smallest absolute Gasteiger partial charge is 0.342 e. The van der Waals surface area contributed by atoms with Crippen LogP contribution in [0.4, 0.5) is 0 Å². The van der Waals surface area contributed by atoms with Gasteiger partial charge in [0.1, 0.15) is 12.4 Å². The molecular formula is C29H26O8. The third-order valence-corrected chi connectivity index (χ3v) is 6.26. The van der Waals surface area contributed by atoms with Crippen molar-refractivity contribution in [2.45, 2.75) is 12.2 Å². The van der Waals surface area contributed by atoms with Crippen LogP contribution in [-0.2, 0) is 21.7 Å². The van der Waals surface area contributed by atoms with E-state index >= 15 is 0 Å². The first-order valence-electron chi connectivity index (χ1n) is 11.6. The number of fused-ring (bicyclic) bond motifs is 1. The number of hydrogen-bond acceptors (Lipinski definition) is 8. The molecule has 0 amide bonds. The number of hydrogen-bond donors (Lipinski definition) is 1. The number of cyclic esters (lactones) is 1. The lowest BCUT2D eigenvalue weighted by Gasteiger charge is -2.26. The van der Waals surface area contributed by atoms with E-state index in [1.54, 1.807) is 68.8 Å². The van der Waals surface area contributed by atoms with E-state index in [1.807, 2.05) is 12.1 Å². The molecule has 3 aromatic rings. The van der Waals surface area contributed by atoms with E-state index in [4.69, 9.17) is 28.4 Å². The van der Waals surface area contributed by atoms with Crippen molar-refractivity contribution in [2.75, 3.05) is 27.6 Å². The molecule has 8 heteroatoms. The molecule has 5 rings (SSSR count). The summed E-state index contributed by atoms with van der Waals surface area (Å²) in [6.45, 7) is 4.09. The highest BCUT2D eigenvalue weighted by Crippen LogP contribution is 2.47. The zero-order valence-electron chi connectivity index (χ0n) is 20.5. The number of esters is 1. The topological polar surface area (TPSA) is 92.7 Å². The Bertz CT molecular complexity index is 1380. The highest BCUT2D eigenvalue weighted by atomic mass is 16.7. The fraction of sp³-hybridized carbons (Fsp3) is 0.207. The van der Waals surface area contributed by atoms with Gasteiger partial charge in [-0.2, -0.15) is 0 Å². The Balaban J connectivity index is 1.64. The molecule has 1 N–H and O–H groups in total. The molecule has 1 unspecified atom stereocenters. The number of rotatable bonds is 9. The van der Waals surface area contributed by atoms with Gasteiger partial charge in [0.15, 0.2) is 23.0 Å². The van der Waals surface area contributed by atoms with E-state index in [0.29, 0.717) is 52.1 Å². The Morgan fingerprint density at radius 3 is 2.49 bits per heavy atom. The fourth-order valence-corrected chi connectivity index (χ4v) is 4.44. The first-order valence-corrected chi connectivity index (χ1v) is 11.6. The molecule has 0 saturated carbocycles. The van der Waals surface area contributed by atoms with E-state index in [1.165, 1.54) is 0 Å². The minimum atomic E-state index is -2.00. The Hall–Kier alpha value is -4.43. The number of aliphatic hydroxyl groups is 1. The van der Waals surface area contributed by atoms with Crippen molar-refractivity contribution in [2.24, 2.45) is 0 Å². The molecule has 0 saturated heterocycles. The number of benzene rings is 3. The molecule has 37 heavy (non-hydrogen) atoms. The molecule has 0 fully saturated rings. The van der Waals surface area contributed by atoms with E-state index < -0.39 is 11.8 Å². The predicted molar refractivity (Wildman–Crippen MR) is 135 cm³/mol. The van der Waals surface area contributed by atoms with Crippen molar-refractivity contribution in [3.05, 3.63) is 95.6 Å². The van der Waals surface area contributed by atoms with Crippen molar-refractivity contribution in [1.29, 1.82) is 0 Å². The molecule has 0 spiro atoms. The van der Waals surface area contributed by atoms with Crippen LogP contribution in [0.3, 0.4) is 0 Å². The second kappa shape index (κ2) is 9.91. The standard InChI is InChI=1S/C29H26O8/c1-4-13-34-25-15-18(5-11-23(25)33-3)14-22-27(19-6-12-24-26(16-19)36-17-35-24)28(30)37-29(22,31)20-7-9-21(32-2)10-8-20/h4-12,15-16,31H,1,13-14,17H2,2-3H3. The summed E-state index contributed by atoms with van der Waals surface area (Å²) < 4.78 is 33.0. The van der Waals surface area contributed by atoms with Crippen LogP contribution in [0.15, 0.2) is 78.9 Å². The van der Waals surface area contributed by atoms with Crippen LogP contribution in [0.25, 0.3) is 5.57 Å². The summed E-state index contributed by atoms with van der Waals surface area (Å²) in [6.07, 6.45) is 1.82. The zero-order chi connectivity index (χ0) is 26.0. The molecule has 0 bridgehead atoms. The summed E-state index contributed by atoms with van der Waals surface area (Å²) in [5, 5.41) is 11.9. The van der Waals surface area contributed by atoms with Crippen molar-refractivity contribution < 1.29 is 38.3 Å². The number of carbonyl (C=O) groups excluding carboxylic acids is 1. The summed E-state index contributed by atoms with van der Waals surface area (Å²) in [5.41, 5.74) is 2.34. The summed E-state index contributed by atoms with van der Waals surface area (Å²) in [6, 6.07) is 17.4.